The summed E-state index contributed by atoms with van der Waals surface area (Å²) < 4.78 is 0. The summed E-state index contributed by atoms with van der Waals surface area (Å²) in [5.74, 6) is 0. The van der Waals surface area contributed by atoms with Crippen LogP contribution in [0.2, 0.25) is 0 Å². The molecule has 0 saturated carbocycles. The summed E-state index contributed by atoms with van der Waals surface area (Å²) in [5.41, 5.74) is 1.47. The van der Waals surface area contributed by atoms with Crippen LogP contribution in [0.25, 0.3) is 0 Å². The van der Waals surface area contributed by atoms with Crippen LogP contribution in [0, 0.1) is 6.92 Å². The van der Waals surface area contributed by atoms with Crippen molar-refractivity contribution in [3.8, 4) is 0 Å². The molecule has 2 rings (SSSR count). The number of hydrogen-bond acceptors (Lipinski definition) is 4. The third-order valence-electron chi connectivity index (χ3n) is 4.56. The summed E-state index contributed by atoms with van der Waals surface area (Å²) in [7, 11) is 0. The van der Waals surface area contributed by atoms with Gasteiger partial charge < -0.3 is 10.2 Å². The molecule has 1 N–H and O–H groups in total. The molecule has 0 aromatic carbocycles. The molecule has 126 valence electrons. The first kappa shape index (κ1) is 17.9. The molecule has 0 aliphatic carbocycles. The zero-order valence-electron chi connectivity index (χ0n) is 14.8. The average molecular weight is 324 g/mol. The number of nitrogens with zero attached hydrogens (tertiary/aromatic N) is 2. The molecule has 0 radical (unpaired) electrons. The van der Waals surface area contributed by atoms with Crippen molar-refractivity contribution >= 4 is 11.3 Å². The second-order valence-corrected chi connectivity index (χ2v) is 7.58. The molecule has 3 nitrogen and oxygen atoms in total. The van der Waals surface area contributed by atoms with E-state index < -0.39 is 0 Å². The van der Waals surface area contributed by atoms with E-state index in [4.69, 9.17) is 0 Å². The first-order valence-electron chi connectivity index (χ1n) is 8.89. The van der Waals surface area contributed by atoms with E-state index in [1.54, 1.807) is 4.88 Å². The van der Waals surface area contributed by atoms with E-state index in [2.05, 4.69) is 54.3 Å². The van der Waals surface area contributed by atoms with E-state index in [0.29, 0.717) is 12.1 Å². The molecular weight excluding hydrogens is 290 g/mol. The minimum absolute atomic E-state index is 0.558. The van der Waals surface area contributed by atoms with E-state index >= 15 is 0 Å². The lowest BCUT2D eigenvalue weighted by atomic mass is 10.1. The molecule has 1 aliphatic heterocycles. The van der Waals surface area contributed by atoms with Gasteiger partial charge in [-0.1, -0.05) is 13.8 Å². The summed E-state index contributed by atoms with van der Waals surface area (Å²) in [4.78, 5) is 6.95. The average Bonchev–Trinajstić information content (AvgIpc) is 2.91. The molecule has 2 unspecified atom stereocenters. The molecule has 1 saturated heterocycles. The molecule has 1 aromatic rings. The standard InChI is InChI=1S/C18H33N3S/c1-5-9-20(10-6-2)14-17(18-15(3)7-12-22-18)21-11-8-19-16(4)13-21/h7,12,16-17,19H,5-6,8-11,13-14H2,1-4H3. The Bertz CT molecular complexity index is 426. The second kappa shape index (κ2) is 9.02. The quantitative estimate of drug-likeness (QED) is 0.790. The van der Waals surface area contributed by atoms with Crippen LogP contribution in [0.3, 0.4) is 0 Å². The van der Waals surface area contributed by atoms with E-state index in [-0.39, 0.29) is 0 Å². The predicted octanol–water partition coefficient (Wildman–Crippen LogP) is 3.51. The predicted molar refractivity (Wildman–Crippen MR) is 97.9 cm³/mol. The van der Waals surface area contributed by atoms with Crippen molar-refractivity contribution in [2.75, 3.05) is 39.3 Å². The fraction of sp³-hybridized carbons (Fsp3) is 0.778. The number of piperazine rings is 1. The van der Waals surface area contributed by atoms with Crippen molar-refractivity contribution < 1.29 is 0 Å². The Labute approximate surface area is 140 Å². The van der Waals surface area contributed by atoms with Crippen LogP contribution in [-0.4, -0.2) is 55.1 Å². The second-order valence-electron chi connectivity index (χ2n) is 6.63. The van der Waals surface area contributed by atoms with Crippen molar-refractivity contribution in [2.45, 2.75) is 52.6 Å². The number of nitrogens with one attached hydrogen (secondary N) is 1. The summed E-state index contributed by atoms with van der Waals surface area (Å²) in [6, 6.07) is 3.44. The Kier molecular flexibility index (Phi) is 7.35. The minimum Gasteiger partial charge on any atom is -0.312 e. The van der Waals surface area contributed by atoms with Gasteiger partial charge in [0, 0.05) is 37.1 Å². The van der Waals surface area contributed by atoms with E-state index in [0.717, 1.165) is 13.1 Å². The highest BCUT2D eigenvalue weighted by atomic mass is 32.1. The summed E-state index contributed by atoms with van der Waals surface area (Å²) in [5, 5.41) is 5.84. The fourth-order valence-electron chi connectivity index (χ4n) is 3.51. The molecule has 1 fully saturated rings. The molecule has 1 aromatic heterocycles. The van der Waals surface area contributed by atoms with Crippen molar-refractivity contribution in [1.82, 2.24) is 15.1 Å². The lowest BCUT2D eigenvalue weighted by Crippen LogP contribution is -2.52. The van der Waals surface area contributed by atoms with Gasteiger partial charge >= 0.3 is 0 Å². The first-order chi connectivity index (χ1) is 10.7. The molecule has 0 spiro atoms. The largest absolute Gasteiger partial charge is 0.312 e. The van der Waals surface area contributed by atoms with Crippen molar-refractivity contribution in [3.63, 3.8) is 0 Å². The number of aryl methyl sites for hydroxylation is 1. The summed E-state index contributed by atoms with van der Waals surface area (Å²) >= 11 is 1.94. The van der Waals surface area contributed by atoms with Crippen LogP contribution in [0.4, 0.5) is 0 Å². The van der Waals surface area contributed by atoms with Gasteiger partial charge in [-0.25, -0.2) is 0 Å². The van der Waals surface area contributed by atoms with Crippen LogP contribution in [0.15, 0.2) is 11.4 Å². The Morgan fingerprint density at radius 1 is 1.36 bits per heavy atom. The lowest BCUT2D eigenvalue weighted by molar-refractivity contribution is 0.110. The van der Waals surface area contributed by atoms with Crippen molar-refractivity contribution in [2.24, 2.45) is 0 Å². The molecule has 4 heteroatoms. The molecular formula is C18H33N3S. The van der Waals surface area contributed by atoms with Crippen molar-refractivity contribution in [1.29, 1.82) is 0 Å². The maximum Gasteiger partial charge on any atom is 0.0572 e. The van der Waals surface area contributed by atoms with E-state index in [1.165, 1.54) is 44.6 Å². The monoisotopic (exact) mass is 323 g/mol. The molecule has 22 heavy (non-hydrogen) atoms. The number of thiophene rings is 1. The highest BCUT2D eigenvalue weighted by Gasteiger charge is 2.28. The van der Waals surface area contributed by atoms with Crippen molar-refractivity contribution in [3.05, 3.63) is 21.9 Å². The van der Waals surface area contributed by atoms with Crippen LogP contribution in [0.1, 0.15) is 50.1 Å². The van der Waals surface area contributed by atoms with E-state index in [1.807, 2.05) is 11.3 Å². The Hall–Kier alpha value is -0.420. The zero-order chi connectivity index (χ0) is 15.9. The summed E-state index contributed by atoms with van der Waals surface area (Å²) in [6.07, 6.45) is 2.49. The minimum atomic E-state index is 0.558. The third kappa shape index (κ3) is 4.79. The summed E-state index contributed by atoms with van der Waals surface area (Å²) in [6.45, 7) is 16.2. The van der Waals surface area contributed by atoms with Gasteiger partial charge in [-0.05, 0) is 56.8 Å². The zero-order valence-corrected chi connectivity index (χ0v) is 15.6. The lowest BCUT2D eigenvalue weighted by Gasteiger charge is -2.40. The van der Waals surface area contributed by atoms with Gasteiger partial charge in [0.1, 0.15) is 0 Å². The van der Waals surface area contributed by atoms with Crippen LogP contribution in [-0.2, 0) is 0 Å². The highest BCUT2D eigenvalue weighted by Crippen LogP contribution is 2.30. The Morgan fingerprint density at radius 2 is 2.09 bits per heavy atom. The van der Waals surface area contributed by atoms with Gasteiger partial charge in [0.25, 0.3) is 0 Å². The number of rotatable bonds is 8. The molecule has 0 bridgehead atoms. The SMILES string of the molecule is CCCN(CCC)CC(c1sccc1C)N1CCNC(C)C1. The van der Waals surface area contributed by atoms with Gasteiger partial charge in [-0.3, -0.25) is 4.90 Å². The topological polar surface area (TPSA) is 18.5 Å². The Balaban J connectivity index is 2.15. The maximum absolute atomic E-state index is 3.58. The molecule has 2 heterocycles. The van der Waals surface area contributed by atoms with Gasteiger partial charge in [0.05, 0.1) is 6.04 Å². The van der Waals surface area contributed by atoms with E-state index in [9.17, 15) is 0 Å². The van der Waals surface area contributed by atoms with Crippen LogP contribution in [0.5, 0.6) is 0 Å². The highest BCUT2D eigenvalue weighted by molar-refractivity contribution is 7.10. The van der Waals surface area contributed by atoms with Gasteiger partial charge in [0.15, 0.2) is 0 Å². The normalized spacial score (nSPS) is 21.4. The molecule has 2 atom stereocenters. The third-order valence-corrected chi connectivity index (χ3v) is 5.68. The number of hydrogen-bond donors (Lipinski definition) is 1. The maximum atomic E-state index is 3.58. The molecule has 1 aliphatic rings. The van der Waals surface area contributed by atoms with Gasteiger partial charge in [-0.2, -0.15) is 0 Å². The van der Waals surface area contributed by atoms with Gasteiger partial charge in [-0.15, -0.1) is 11.3 Å². The van der Waals surface area contributed by atoms with Crippen LogP contribution < -0.4 is 5.32 Å². The smallest absolute Gasteiger partial charge is 0.0572 e. The fourth-order valence-corrected chi connectivity index (χ4v) is 4.56. The first-order valence-corrected chi connectivity index (χ1v) is 9.77. The Morgan fingerprint density at radius 3 is 2.64 bits per heavy atom. The van der Waals surface area contributed by atoms with Crippen LogP contribution >= 0.6 is 11.3 Å². The molecule has 0 amide bonds. The van der Waals surface area contributed by atoms with Gasteiger partial charge in [0.2, 0.25) is 0 Å².